The molecule has 442 valence electrons. The van der Waals surface area contributed by atoms with Crippen LogP contribution in [0.15, 0.2) is 36.5 Å². The molecule has 11 nitrogen and oxygen atoms in total. The molecule has 0 aromatic heterocycles. The minimum Gasteiger partial charge on any atom is -0.394 e. The van der Waals surface area contributed by atoms with E-state index in [0.29, 0.717) is 19.3 Å². The number of hydrogen-bond donors (Lipinski definition) is 8. The lowest BCUT2D eigenvalue weighted by atomic mass is 9.98. The van der Waals surface area contributed by atoms with Crippen molar-refractivity contribution < 1.29 is 50.0 Å². The van der Waals surface area contributed by atoms with Crippen molar-refractivity contribution in [1.82, 2.24) is 5.32 Å². The van der Waals surface area contributed by atoms with Gasteiger partial charge in [0.1, 0.15) is 36.6 Å². The first-order valence-electron chi connectivity index (χ1n) is 31.9. The van der Waals surface area contributed by atoms with Gasteiger partial charge in [0.2, 0.25) is 5.91 Å². The molecule has 1 saturated heterocycles. The summed E-state index contributed by atoms with van der Waals surface area (Å²) in [6.45, 7) is 3.37. The van der Waals surface area contributed by atoms with Crippen LogP contribution in [0.25, 0.3) is 0 Å². The molecular formula is C64H121NO10. The highest BCUT2D eigenvalue weighted by Gasteiger charge is 2.44. The Morgan fingerprint density at radius 2 is 0.827 bits per heavy atom. The maximum absolute atomic E-state index is 13.1. The SMILES string of the molecule is CCC/C=C/CC/C=C/CCCC(O)C(O)C(COC1OC(CO)C(O)C(O)C1O)NC(=O)C(O)CCCCCCCCCCCCCCCCCC/C=C\CCCCCCCCCCCCCCCCCCCC. The number of aliphatic hydroxyl groups is 7. The van der Waals surface area contributed by atoms with Gasteiger partial charge in [-0.15, -0.1) is 0 Å². The van der Waals surface area contributed by atoms with Gasteiger partial charge in [-0.2, -0.15) is 0 Å². The van der Waals surface area contributed by atoms with Crippen molar-refractivity contribution in [3.8, 4) is 0 Å². The Morgan fingerprint density at radius 3 is 1.24 bits per heavy atom. The molecule has 0 aliphatic carbocycles. The molecule has 0 bridgehead atoms. The molecule has 1 aliphatic heterocycles. The molecule has 1 heterocycles. The van der Waals surface area contributed by atoms with Gasteiger partial charge in [-0.25, -0.2) is 0 Å². The highest BCUT2D eigenvalue weighted by Crippen LogP contribution is 2.24. The van der Waals surface area contributed by atoms with Crippen LogP contribution in [-0.4, -0.2) is 110 Å². The van der Waals surface area contributed by atoms with Crippen LogP contribution >= 0.6 is 0 Å². The Labute approximate surface area is 460 Å². The first kappa shape index (κ1) is 71.3. The number of amides is 1. The van der Waals surface area contributed by atoms with Crippen LogP contribution in [0.5, 0.6) is 0 Å². The smallest absolute Gasteiger partial charge is 0.249 e. The van der Waals surface area contributed by atoms with E-state index in [0.717, 1.165) is 44.9 Å². The summed E-state index contributed by atoms with van der Waals surface area (Å²) in [7, 11) is 0. The molecule has 0 spiro atoms. The quantitative estimate of drug-likeness (QED) is 0.0215. The zero-order valence-corrected chi connectivity index (χ0v) is 48.5. The average molecular weight is 1060 g/mol. The Balaban J connectivity index is 2.08. The van der Waals surface area contributed by atoms with Crippen molar-refractivity contribution in [3.63, 3.8) is 0 Å². The second-order valence-electron chi connectivity index (χ2n) is 22.5. The zero-order valence-electron chi connectivity index (χ0n) is 48.5. The number of aliphatic hydroxyl groups excluding tert-OH is 7. The van der Waals surface area contributed by atoms with E-state index >= 15 is 0 Å². The molecule has 1 rings (SSSR count). The lowest BCUT2D eigenvalue weighted by Crippen LogP contribution is -2.60. The van der Waals surface area contributed by atoms with Crippen molar-refractivity contribution in [2.45, 2.75) is 351 Å². The molecule has 1 aliphatic rings. The molecule has 11 heteroatoms. The monoisotopic (exact) mass is 1060 g/mol. The van der Waals surface area contributed by atoms with Crippen LogP contribution in [-0.2, 0) is 14.3 Å². The normalized spacial score (nSPS) is 19.9. The minimum absolute atomic E-state index is 0.245. The summed E-state index contributed by atoms with van der Waals surface area (Å²) in [4.78, 5) is 13.1. The van der Waals surface area contributed by atoms with Crippen molar-refractivity contribution in [1.29, 1.82) is 0 Å². The third-order valence-corrected chi connectivity index (χ3v) is 15.4. The Hall–Kier alpha value is -1.67. The number of carbonyl (C=O) groups is 1. The molecule has 1 amide bonds. The Morgan fingerprint density at radius 1 is 0.453 bits per heavy atom. The summed E-state index contributed by atoms with van der Waals surface area (Å²) in [6.07, 6.45) is 55.6. The van der Waals surface area contributed by atoms with Crippen LogP contribution in [0.1, 0.15) is 296 Å². The molecule has 0 aromatic rings. The van der Waals surface area contributed by atoms with E-state index in [-0.39, 0.29) is 12.8 Å². The summed E-state index contributed by atoms with van der Waals surface area (Å²) in [5.74, 6) is -0.709. The van der Waals surface area contributed by atoms with Crippen molar-refractivity contribution in [2.24, 2.45) is 0 Å². The lowest BCUT2D eigenvalue weighted by molar-refractivity contribution is -0.303. The predicted molar refractivity (Wildman–Crippen MR) is 312 cm³/mol. The van der Waals surface area contributed by atoms with Gasteiger partial charge >= 0.3 is 0 Å². The van der Waals surface area contributed by atoms with Gasteiger partial charge in [0.25, 0.3) is 0 Å². The summed E-state index contributed by atoms with van der Waals surface area (Å²) in [5, 5.41) is 75.8. The molecule has 9 unspecified atom stereocenters. The predicted octanol–water partition coefficient (Wildman–Crippen LogP) is 14.2. The molecular weight excluding hydrogens is 943 g/mol. The Bertz CT molecular complexity index is 1310. The number of hydrogen-bond acceptors (Lipinski definition) is 10. The third-order valence-electron chi connectivity index (χ3n) is 15.4. The maximum Gasteiger partial charge on any atom is 0.249 e. The van der Waals surface area contributed by atoms with Gasteiger partial charge in [0, 0.05) is 0 Å². The van der Waals surface area contributed by atoms with Crippen molar-refractivity contribution in [3.05, 3.63) is 36.5 Å². The van der Waals surface area contributed by atoms with E-state index in [1.54, 1.807) is 0 Å². The van der Waals surface area contributed by atoms with E-state index in [4.69, 9.17) is 9.47 Å². The second-order valence-corrected chi connectivity index (χ2v) is 22.5. The van der Waals surface area contributed by atoms with Crippen LogP contribution in [0.2, 0.25) is 0 Å². The number of ether oxygens (including phenoxy) is 2. The highest BCUT2D eigenvalue weighted by molar-refractivity contribution is 5.80. The molecule has 0 aromatic carbocycles. The van der Waals surface area contributed by atoms with Crippen molar-refractivity contribution in [2.75, 3.05) is 13.2 Å². The second kappa shape index (κ2) is 53.0. The molecule has 9 atom stereocenters. The molecule has 1 fully saturated rings. The largest absolute Gasteiger partial charge is 0.394 e. The number of unbranched alkanes of at least 4 members (excludes halogenated alkanes) is 37. The maximum atomic E-state index is 13.1. The molecule has 0 saturated carbocycles. The van der Waals surface area contributed by atoms with Crippen LogP contribution < -0.4 is 5.32 Å². The van der Waals surface area contributed by atoms with Gasteiger partial charge in [0.05, 0.1) is 25.4 Å². The van der Waals surface area contributed by atoms with Crippen LogP contribution in [0.4, 0.5) is 0 Å². The van der Waals surface area contributed by atoms with Gasteiger partial charge in [-0.05, 0) is 70.6 Å². The van der Waals surface area contributed by atoms with E-state index in [9.17, 15) is 40.5 Å². The highest BCUT2D eigenvalue weighted by atomic mass is 16.7. The lowest BCUT2D eigenvalue weighted by Gasteiger charge is -2.40. The molecule has 0 radical (unpaired) electrons. The number of carbonyl (C=O) groups excluding carboxylic acids is 1. The number of rotatable bonds is 55. The van der Waals surface area contributed by atoms with Crippen LogP contribution in [0, 0.1) is 0 Å². The van der Waals surface area contributed by atoms with Crippen LogP contribution in [0.3, 0.4) is 0 Å². The van der Waals surface area contributed by atoms with Gasteiger partial charge in [0.15, 0.2) is 6.29 Å². The van der Waals surface area contributed by atoms with E-state index < -0.39 is 74.2 Å². The number of nitrogens with one attached hydrogen (secondary N) is 1. The van der Waals surface area contributed by atoms with Gasteiger partial charge in [-0.3, -0.25) is 4.79 Å². The summed E-state index contributed by atoms with van der Waals surface area (Å²) in [5.41, 5.74) is 0. The fourth-order valence-corrected chi connectivity index (χ4v) is 10.2. The number of allylic oxidation sites excluding steroid dienone is 6. The minimum atomic E-state index is -1.67. The fourth-order valence-electron chi connectivity index (χ4n) is 10.2. The van der Waals surface area contributed by atoms with Gasteiger partial charge in [-0.1, -0.05) is 262 Å². The first-order chi connectivity index (χ1) is 36.7. The van der Waals surface area contributed by atoms with E-state index in [1.165, 1.54) is 205 Å². The zero-order chi connectivity index (χ0) is 54.7. The molecule has 75 heavy (non-hydrogen) atoms. The summed E-state index contributed by atoms with van der Waals surface area (Å²) in [6, 6.07) is -1.19. The Kier molecular flexibility index (Phi) is 50.4. The topological polar surface area (TPSA) is 189 Å². The first-order valence-corrected chi connectivity index (χ1v) is 31.9. The van der Waals surface area contributed by atoms with Gasteiger partial charge < -0.3 is 50.5 Å². The summed E-state index contributed by atoms with van der Waals surface area (Å²) < 4.78 is 11.1. The average Bonchev–Trinajstić information content (AvgIpc) is 3.41. The standard InChI is InChI=1S/C64H121NO10/c1-3-5-7-9-11-13-15-16-17-18-19-20-21-22-23-24-25-26-27-28-29-30-31-32-33-34-35-36-37-38-39-40-41-42-44-46-48-50-52-57(68)63(73)65-55(54-74-64-62(72)61(71)60(70)58(53-66)75-64)59(69)56(67)51-49-47-45-43-14-12-10-8-6-4-2/h8,10,28-29,43,45,55-62,64,66-72H,3-7,9,11-27,30-42,44,46-54H2,1-2H3,(H,65,73)/b10-8+,29-28-,45-43+. The summed E-state index contributed by atoms with van der Waals surface area (Å²) >= 11 is 0. The van der Waals surface area contributed by atoms with Crippen molar-refractivity contribution >= 4 is 5.91 Å². The van der Waals surface area contributed by atoms with E-state index in [2.05, 4.69) is 55.6 Å². The molecule has 8 N–H and O–H groups in total. The third kappa shape index (κ3) is 41.1. The van der Waals surface area contributed by atoms with E-state index in [1.807, 2.05) is 0 Å². The fraction of sp³-hybridized carbons (Fsp3) is 0.891.